The minimum Gasteiger partial charge on any atom is -0.353 e. The highest BCUT2D eigenvalue weighted by Crippen LogP contribution is 2.13. The quantitative estimate of drug-likeness (QED) is 0.847. The van der Waals surface area contributed by atoms with Gasteiger partial charge in [0.05, 0.1) is 11.4 Å². The third-order valence-corrected chi connectivity index (χ3v) is 3.13. The number of carbonyl (C=O) groups is 1. The minimum atomic E-state index is -0.00365. The zero-order chi connectivity index (χ0) is 13.7. The zero-order valence-corrected chi connectivity index (χ0v) is 11.7. The van der Waals surface area contributed by atoms with E-state index in [-0.39, 0.29) is 11.9 Å². The summed E-state index contributed by atoms with van der Waals surface area (Å²) in [6.45, 7) is 3.87. The molecule has 1 amide bonds. The molecule has 0 spiro atoms. The molecule has 0 aliphatic heterocycles. The topological polar surface area (TPSA) is 59.8 Å². The molecular weight excluding hydrogens is 260 g/mol. The molecule has 6 heteroatoms. The number of thioether (sulfide) groups is 1. The van der Waals surface area contributed by atoms with E-state index in [2.05, 4.69) is 15.4 Å². The molecule has 1 N–H and O–H groups in total. The summed E-state index contributed by atoms with van der Waals surface area (Å²) in [5.41, 5.74) is 0.952. The van der Waals surface area contributed by atoms with Crippen LogP contribution in [0.25, 0.3) is 5.69 Å². The maximum absolute atomic E-state index is 11.5. The average Bonchev–Trinajstić information content (AvgIpc) is 2.85. The lowest BCUT2D eigenvalue weighted by atomic mass is 10.3. The monoisotopic (exact) mass is 276 g/mol. The number of nitrogens with one attached hydrogen (secondary N) is 1. The van der Waals surface area contributed by atoms with E-state index in [0.29, 0.717) is 10.9 Å². The summed E-state index contributed by atoms with van der Waals surface area (Å²) in [4.78, 5) is 15.7. The first-order valence-corrected chi connectivity index (χ1v) is 7.03. The van der Waals surface area contributed by atoms with E-state index in [1.54, 1.807) is 11.0 Å². The summed E-state index contributed by atoms with van der Waals surface area (Å²) in [6.07, 6.45) is 1.65. The van der Waals surface area contributed by atoms with Gasteiger partial charge < -0.3 is 5.32 Å². The Hall–Kier alpha value is -1.82. The van der Waals surface area contributed by atoms with Crippen molar-refractivity contribution in [1.82, 2.24) is 20.1 Å². The van der Waals surface area contributed by atoms with Crippen molar-refractivity contribution < 1.29 is 4.79 Å². The van der Waals surface area contributed by atoms with E-state index in [4.69, 9.17) is 0 Å². The SMILES string of the molecule is CC(C)NC(=O)CSc1ncn(-c2ccccc2)n1. The highest BCUT2D eigenvalue weighted by Gasteiger charge is 2.08. The molecule has 2 aromatic rings. The van der Waals surface area contributed by atoms with E-state index >= 15 is 0 Å². The van der Waals surface area contributed by atoms with Gasteiger partial charge in [-0.15, -0.1) is 5.10 Å². The molecule has 2 rings (SSSR count). The Kier molecular flexibility index (Phi) is 4.57. The van der Waals surface area contributed by atoms with Crippen molar-refractivity contribution in [2.24, 2.45) is 0 Å². The van der Waals surface area contributed by atoms with Gasteiger partial charge in [0.25, 0.3) is 0 Å². The number of hydrogen-bond donors (Lipinski definition) is 1. The Morgan fingerprint density at radius 1 is 1.37 bits per heavy atom. The Morgan fingerprint density at radius 3 is 2.79 bits per heavy atom. The van der Waals surface area contributed by atoms with Crippen molar-refractivity contribution in [2.45, 2.75) is 25.0 Å². The van der Waals surface area contributed by atoms with E-state index in [0.717, 1.165) is 5.69 Å². The van der Waals surface area contributed by atoms with E-state index in [1.807, 2.05) is 44.2 Å². The fraction of sp³-hybridized carbons (Fsp3) is 0.308. The summed E-state index contributed by atoms with van der Waals surface area (Å²) >= 11 is 1.33. The second kappa shape index (κ2) is 6.38. The van der Waals surface area contributed by atoms with Crippen LogP contribution in [-0.4, -0.2) is 32.5 Å². The molecule has 1 aromatic heterocycles. The molecule has 0 unspecified atom stereocenters. The molecular formula is C13H16N4OS. The maximum atomic E-state index is 11.5. The van der Waals surface area contributed by atoms with Gasteiger partial charge in [0.15, 0.2) is 0 Å². The number of para-hydroxylation sites is 1. The van der Waals surface area contributed by atoms with Crippen LogP contribution in [0.15, 0.2) is 41.8 Å². The Morgan fingerprint density at radius 2 is 2.11 bits per heavy atom. The van der Waals surface area contributed by atoms with Crippen LogP contribution in [-0.2, 0) is 4.79 Å². The molecule has 0 saturated carbocycles. The van der Waals surface area contributed by atoms with Gasteiger partial charge in [-0.05, 0) is 26.0 Å². The number of nitrogens with zero attached hydrogens (tertiary/aromatic N) is 3. The van der Waals surface area contributed by atoms with Crippen molar-refractivity contribution >= 4 is 17.7 Å². The smallest absolute Gasteiger partial charge is 0.230 e. The summed E-state index contributed by atoms with van der Waals surface area (Å²) in [7, 11) is 0. The third-order valence-electron chi connectivity index (χ3n) is 2.27. The lowest BCUT2D eigenvalue weighted by Gasteiger charge is -2.06. The molecule has 0 fully saturated rings. The van der Waals surface area contributed by atoms with Crippen molar-refractivity contribution in [3.8, 4) is 5.69 Å². The average molecular weight is 276 g/mol. The summed E-state index contributed by atoms with van der Waals surface area (Å²) < 4.78 is 1.70. The van der Waals surface area contributed by atoms with Crippen molar-refractivity contribution in [2.75, 3.05) is 5.75 Å². The number of amides is 1. The van der Waals surface area contributed by atoms with Crippen LogP contribution in [0.5, 0.6) is 0 Å². The first-order valence-electron chi connectivity index (χ1n) is 6.04. The van der Waals surface area contributed by atoms with E-state index in [9.17, 15) is 4.79 Å². The molecule has 1 aromatic carbocycles. The second-order valence-electron chi connectivity index (χ2n) is 4.32. The summed E-state index contributed by atoms with van der Waals surface area (Å²) in [5, 5.41) is 7.75. The number of aromatic nitrogens is 3. The predicted molar refractivity (Wildman–Crippen MR) is 75.4 cm³/mol. The Labute approximate surface area is 116 Å². The minimum absolute atomic E-state index is 0.00365. The van der Waals surface area contributed by atoms with Gasteiger partial charge in [0.1, 0.15) is 6.33 Å². The molecule has 0 atom stereocenters. The van der Waals surface area contributed by atoms with Crippen molar-refractivity contribution in [3.63, 3.8) is 0 Å². The van der Waals surface area contributed by atoms with Crippen LogP contribution in [0.3, 0.4) is 0 Å². The Bertz CT molecular complexity index is 539. The third kappa shape index (κ3) is 4.10. The van der Waals surface area contributed by atoms with Gasteiger partial charge in [0.2, 0.25) is 11.1 Å². The first kappa shape index (κ1) is 13.6. The van der Waals surface area contributed by atoms with E-state index in [1.165, 1.54) is 11.8 Å². The lowest BCUT2D eigenvalue weighted by Crippen LogP contribution is -2.31. The van der Waals surface area contributed by atoms with E-state index < -0.39 is 0 Å². The highest BCUT2D eigenvalue weighted by molar-refractivity contribution is 7.99. The Balaban J connectivity index is 1.93. The predicted octanol–water partition coefficient (Wildman–Crippen LogP) is 1.88. The molecule has 0 aliphatic carbocycles. The molecule has 1 heterocycles. The number of carbonyl (C=O) groups excluding carboxylic acids is 1. The summed E-state index contributed by atoms with van der Waals surface area (Å²) in [5.74, 6) is 0.327. The molecule has 19 heavy (non-hydrogen) atoms. The molecule has 5 nitrogen and oxygen atoms in total. The maximum Gasteiger partial charge on any atom is 0.230 e. The fourth-order valence-electron chi connectivity index (χ4n) is 1.51. The van der Waals surface area contributed by atoms with Gasteiger partial charge in [-0.25, -0.2) is 9.67 Å². The summed E-state index contributed by atoms with van der Waals surface area (Å²) in [6, 6.07) is 9.90. The van der Waals surface area contributed by atoms with Crippen LogP contribution >= 0.6 is 11.8 Å². The van der Waals surface area contributed by atoms with Gasteiger partial charge in [0, 0.05) is 6.04 Å². The van der Waals surface area contributed by atoms with Crippen LogP contribution in [0.2, 0.25) is 0 Å². The molecule has 100 valence electrons. The largest absolute Gasteiger partial charge is 0.353 e. The van der Waals surface area contributed by atoms with Crippen LogP contribution < -0.4 is 5.32 Å². The van der Waals surface area contributed by atoms with Crippen molar-refractivity contribution in [1.29, 1.82) is 0 Å². The molecule has 0 radical (unpaired) electrons. The van der Waals surface area contributed by atoms with Gasteiger partial charge in [-0.3, -0.25) is 4.79 Å². The lowest BCUT2D eigenvalue weighted by molar-refractivity contribution is -0.119. The number of benzene rings is 1. The highest BCUT2D eigenvalue weighted by atomic mass is 32.2. The molecule has 0 bridgehead atoms. The van der Waals surface area contributed by atoms with Gasteiger partial charge in [-0.2, -0.15) is 0 Å². The zero-order valence-electron chi connectivity index (χ0n) is 10.9. The number of hydrogen-bond acceptors (Lipinski definition) is 4. The standard InChI is InChI=1S/C13H16N4OS/c1-10(2)15-12(18)8-19-13-14-9-17(16-13)11-6-4-3-5-7-11/h3-7,9-10H,8H2,1-2H3,(H,15,18). The normalized spacial score (nSPS) is 10.7. The molecule has 0 saturated heterocycles. The van der Waals surface area contributed by atoms with Crippen LogP contribution in [0.1, 0.15) is 13.8 Å². The van der Waals surface area contributed by atoms with Gasteiger partial charge in [-0.1, -0.05) is 30.0 Å². The van der Waals surface area contributed by atoms with Crippen LogP contribution in [0.4, 0.5) is 0 Å². The van der Waals surface area contributed by atoms with Crippen molar-refractivity contribution in [3.05, 3.63) is 36.7 Å². The second-order valence-corrected chi connectivity index (χ2v) is 5.26. The molecule has 0 aliphatic rings. The fourth-order valence-corrected chi connectivity index (χ4v) is 2.12. The van der Waals surface area contributed by atoms with Gasteiger partial charge >= 0.3 is 0 Å². The first-order chi connectivity index (χ1) is 9.15. The van der Waals surface area contributed by atoms with Crippen LogP contribution in [0, 0.1) is 0 Å². The number of rotatable bonds is 5.